The van der Waals surface area contributed by atoms with Gasteiger partial charge in [-0.3, -0.25) is 0 Å². The molecule has 0 amide bonds. The van der Waals surface area contributed by atoms with Gasteiger partial charge in [0, 0.05) is 43.5 Å². The molecule has 6 heteroatoms. The van der Waals surface area contributed by atoms with Crippen molar-refractivity contribution in [2.75, 3.05) is 31.2 Å². The van der Waals surface area contributed by atoms with Gasteiger partial charge in [-0.2, -0.15) is 0 Å². The summed E-state index contributed by atoms with van der Waals surface area (Å²) < 4.78 is 20.7. The van der Waals surface area contributed by atoms with Crippen LogP contribution < -0.4 is 4.90 Å². The van der Waals surface area contributed by atoms with Crippen LogP contribution in [0.1, 0.15) is 0 Å². The Balaban J connectivity index is 1.69. The van der Waals surface area contributed by atoms with E-state index < -0.39 is 0 Å². The first-order chi connectivity index (χ1) is 11.2. The first kappa shape index (κ1) is 14.1. The molecule has 2 aromatic heterocycles. The van der Waals surface area contributed by atoms with Gasteiger partial charge in [0.15, 0.2) is 0 Å². The third-order valence-electron chi connectivity index (χ3n) is 4.24. The van der Waals surface area contributed by atoms with Crippen LogP contribution in [0.25, 0.3) is 22.2 Å². The Labute approximate surface area is 133 Å². The maximum absolute atomic E-state index is 13.4. The van der Waals surface area contributed by atoms with Gasteiger partial charge in [-0.25, -0.2) is 14.4 Å². The third-order valence-corrected chi connectivity index (χ3v) is 4.24. The average Bonchev–Trinajstić information content (AvgIpc) is 2.92. The third kappa shape index (κ3) is 2.55. The zero-order chi connectivity index (χ0) is 15.8. The molecular formula is C17H17FN4O. The van der Waals surface area contributed by atoms with Crippen molar-refractivity contribution in [1.29, 1.82) is 0 Å². The van der Waals surface area contributed by atoms with Crippen LogP contribution in [0.2, 0.25) is 0 Å². The Bertz CT molecular complexity index is 838. The number of fused-ring (bicyclic) bond motifs is 1. The highest BCUT2D eigenvalue weighted by Crippen LogP contribution is 2.27. The molecule has 0 unspecified atom stereocenters. The molecule has 1 fully saturated rings. The van der Waals surface area contributed by atoms with Crippen LogP contribution in [0.15, 0.2) is 36.7 Å². The molecule has 23 heavy (non-hydrogen) atoms. The summed E-state index contributed by atoms with van der Waals surface area (Å²) in [4.78, 5) is 11.1. The molecular weight excluding hydrogens is 295 g/mol. The van der Waals surface area contributed by atoms with E-state index in [0.29, 0.717) is 13.2 Å². The molecule has 0 bridgehead atoms. The first-order valence-corrected chi connectivity index (χ1v) is 7.62. The number of morpholine rings is 1. The Hall–Kier alpha value is -2.47. The number of nitrogens with zero attached hydrogens (tertiary/aromatic N) is 4. The van der Waals surface area contributed by atoms with Crippen LogP contribution in [-0.2, 0) is 11.8 Å². The molecule has 0 aliphatic carbocycles. The molecule has 118 valence electrons. The van der Waals surface area contributed by atoms with E-state index in [0.717, 1.165) is 41.2 Å². The number of hydrogen-bond acceptors (Lipinski definition) is 4. The van der Waals surface area contributed by atoms with Crippen LogP contribution in [0.5, 0.6) is 0 Å². The van der Waals surface area contributed by atoms with Crippen LogP contribution >= 0.6 is 0 Å². The van der Waals surface area contributed by atoms with E-state index in [1.165, 1.54) is 6.07 Å². The van der Waals surface area contributed by atoms with Gasteiger partial charge in [0.25, 0.3) is 0 Å². The lowest BCUT2D eigenvalue weighted by atomic mass is 10.2. The summed E-state index contributed by atoms with van der Waals surface area (Å²) in [5, 5.41) is 1.00. The number of halogens is 1. The van der Waals surface area contributed by atoms with Crippen LogP contribution in [0.3, 0.4) is 0 Å². The van der Waals surface area contributed by atoms with Gasteiger partial charge in [0.05, 0.1) is 24.4 Å². The molecule has 1 saturated heterocycles. The monoisotopic (exact) mass is 312 g/mol. The minimum atomic E-state index is -0.232. The first-order valence-electron chi connectivity index (χ1n) is 7.62. The summed E-state index contributed by atoms with van der Waals surface area (Å²) in [7, 11) is 1.92. The van der Waals surface area contributed by atoms with Crippen molar-refractivity contribution in [2.24, 2.45) is 7.05 Å². The lowest BCUT2D eigenvalue weighted by Gasteiger charge is -2.26. The Morgan fingerprint density at radius 1 is 1.09 bits per heavy atom. The van der Waals surface area contributed by atoms with Crippen molar-refractivity contribution >= 4 is 16.9 Å². The molecule has 0 spiro atoms. The van der Waals surface area contributed by atoms with E-state index in [9.17, 15) is 4.39 Å². The van der Waals surface area contributed by atoms with E-state index in [-0.39, 0.29) is 5.82 Å². The second kappa shape index (κ2) is 5.62. The molecule has 3 heterocycles. The average molecular weight is 312 g/mol. The standard InChI is InChI=1S/C17H17FN4O/c1-21-15(8-12-2-3-14(18)9-16(12)21)13-10-19-17(20-11-13)22-4-6-23-7-5-22/h2-3,8-11H,4-7H2,1H3. The summed E-state index contributed by atoms with van der Waals surface area (Å²) in [6.07, 6.45) is 3.64. The Morgan fingerprint density at radius 2 is 1.83 bits per heavy atom. The fourth-order valence-corrected chi connectivity index (χ4v) is 2.96. The maximum atomic E-state index is 13.4. The van der Waals surface area contributed by atoms with E-state index >= 15 is 0 Å². The predicted octanol–water partition coefficient (Wildman–Crippen LogP) is 2.61. The van der Waals surface area contributed by atoms with Gasteiger partial charge in [-0.05, 0) is 24.3 Å². The number of hydrogen-bond donors (Lipinski definition) is 0. The molecule has 0 N–H and O–H groups in total. The fraction of sp³-hybridized carbons (Fsp3) is 0.294. The maximum Gasteiger partial charge on any atom is 0.225 e. The fourth-order valence-electron chi connectivity index (χ4n) is 2.96. The number of ether oxygens (including phenoxy) is 1. The summed E-state index contributed by atoms with van der Waals surface area (Å²) in [5.41, 5.74) is 2.75. The van der Waals surface area contributed by atoms with Crippen molar-refractivity contribution in [3.63, 3.8) is 0 Å². The van der Waals surface area contributed by atoms with Crippen molar-refractivity contribution in [1.82, 2.24) is 14.5 Å². The number of aromatic nitrogens is 3. The van der Waals surface area contributed by atoms with E-state index in [1.54, 1.807) is 12.1 Å². The van der Waals surface area contributed by atoms with E-state index in [2.05, 4.69) is 14.9 Å². The summed E-state index contributed by atoms with van der Waals surface area (Å²) >= 11 is 0. The number of benzene rings is 1. The molecule has 4 rings (SSSR count). The zero-order valence-corrected chi connectivity index (χ0v) is 12.9. The molecule has 1 aliphatic heterocycles. The number of aryl methyl sites for hydroxylation is 1. The van der Waals surface area contributed by atoms with Gasteiger partial charge in [-0.15, -0.1) is 0 Å². The normalized spacial score (nSPS) is 15.3. The molecule has 1 aliphatic rings. The van der Waals surface area contributed by atoms with Crippen LogP contribution in [0, 0.1) is 5.82 Å². The van der Waals surface area contributed by atoms with Gasteiger partial charge in [0.2, 0.25) is 5.95 Å². The Morgan fingerprint density at radius 3 is 2.57 bits per heavy atom. The molecule has 3 aromatic rings. The van der Waals surface area contributed by atoms with Crippen molar-refractivity contribution in [3.05, 3.63) is 42.5 Å². The molecule has 0 atom stereocenters. The highest BCUT2D eigenvalue weighted by molar-refractivity contribution is 5.86. The minimum absolute atomic E-state index is 0.232. The highest BCUT2D eigenvalue weighted by atomic mass is 19.1. The van der Waals surface area contributed by atoms with Crippen LogP contribution in [0.4, 0.5) is 10.3 Å². The van der Waals surface area contributed by atoms with E-state index in [4.69, 9.17) is 4.74 Å². The largest absolute Gasteiger partial charge is 0.378 e. The molecule has 0 saturated carbocycles. The number of rotatable bonds is 2. The predicted molar refractivity (Wildman–Crippen MR) is 86.9 cm³/mol. The van der Waals surface area contributed by atoms with Crippen molar-refractivity contribution < 1.29 is 9.13 Å². The topological polar surface area (TPSA) is 43.2 Å². The summed E-state index contributed by atoms with van der Waals surface area (Å²) in [5.74, 6) is 0.492. The van der Waals surface area contributed by atoms with Gasteiger partial charge >= 0.3 is 0 Å². The van der Waals surface area contributed by atoms with Gasteiger partial charge in [-0.1, -0.05) is 0 Å². The molecule has 5 nitrogen and oxygen atoms in total. The lowest BCUT2D eigenvalue weighted by Crippen LogP contribution is -2.37. The smallest absolute Gasteiger partial charge is 0.225 e. The SMILES string of the molecule is Cn1c(-c2cnc(N3CCOCC3)nc2)cc2ccc(F)cc21. The van der Waals surface area contributed by atoms with Crippen molar-refractivity contribution in [2.45, 2.75) is 0 Å². The number of anilines is 1. The van der Waals surface area contributed by atoms with Crippen LogP contribution in [-0.4, -0.2) is 40.8 Å². The van der Waals surface area contributed by atoms with Gasteiger partial charge < -0.3 is 14.2 Å². The second-order valence-corrected chi connectivity index (χ2v) is 5.66. The summed E-state index contributed by atoms with van der Waals surface area (Å²) in [6.45, 7) is 3.04. The molecule has 1 aromatic carbocycles. The Kier molecular flexibility index (Phi) is 3.46. The summed E-state index contributed by atoms with van der Waals surface area (Å²) in [6, 6.07) is 6.84. The minimum Gasteiger partial charge on any atom is -0.378 e. The van der Waals surface area contributed by atoms with E-state index in [1.807, 2.05) is 30.1 Å². The van der Waals surface area contributed by atoms with Crippen molar-refractivity contribution in [3.8, 4) is 11.3 Å². The molecule has 0 radical (unpaired) electrons. The highest BCUT2D eigenvalue weighted by Gasteiger charge is 2.15. The quantitative estimate of drug-likeness (QED) is 0.729. The zero-order valence-electron chi connectivity index (χ0n) is 12.9. The van der Waals surface area contributed by atoms with Gasteiger partial charge in [0.1, 0.15) is 5.82 Å². The lowest BCUT2D eigenvalue weighted by molar-refractivity contribution is 0.122. The second-order valence-electron chi connectivity index (χ2n) is 5.66.